The number of halogens is 3. The van der Waals surface area contributed by atoms with Gasteiger partial charge in [-0.05, 0) is 62.2 Å². The highest BCUT2D eigenvalue weighted by Crippen LogP contribution is 2.32. The summed E-state index contributed by atoms with van der Waals surface area (Å²) >= 11 is 0. The van der Waals surface area contributed by atoms with Crippen LogP contribution in [0, 0.1) is 20.8 Å². The molecule has 0 atom stereocenters. The Morgan fingerprint density at radius 3 is 2.35 bits per heavy atom. The molecule has 1 N–H and O–H groups in total. The lowest BCUT2D eigenvalue weighted by molar-refractivity contribution is -0.137. The Morgan fingerprint density at radius 2 is 1.70 bits per heavy atom. The van der Waals surface area contributed by atoms with E-state index in [0.29, 0.717) is 34.7 Å². The number of nitrogens with zero attached hydrogens (tertiary/aromatic N) is 3. The quantitative estimate of drug-likeness (QED) is 0.273. The molecular formula is C30H29F3N4O3. The van der Waals surface area contributed by atoms with Crippen molar-refractivity contribution < 1.29 is 27.5 Å². The maximum Gasteiger partial charge on any atom is 0.416 e. The Labute approximate surface area is 230 Å². The van der Waals surface area contributed by atoms with Gasteiger partial charge in [-0.15, -0.1) is 0 Å². The second-order valence-corrected chi connectivity index (χ2v) is 9.49. The van der Waals surface area contributed by atoms with E-state index in [1.165, 1.54) is 6.07 Å². The lowest BCUT2D eigenvalue weighted by Gasteiger charge is -2.12. The monoisotopic (exact) mass is 550 g/mol. The number of amides is 1. The van der Waals surface area contributed by atoms with Gasteiger partial charge in [-0.3, -0.25) is 19.3 Å². The Bertz CT molecular complexity index is 1540. The van der Waals surface area contributed by atoms with E-state index in [9.17, 15) is 22.8 Å². The Morgan fingerprint density at radius 1 is 0.975 bits per heavy atom. The number of pyridine rings is 1. The summed E-state index contributed by atoms with van der Waals surface area (Å²) in [6.07, 6.45) is -2.65. The van der Waals surface area contributed by atoms with E-state index < -0.39 is 11.7 Å². The predicted octanol–water partition coefficient (Wildman–Crippen LogP) is 5.63. The summed E-state index contributed by atoms with van der Waals surface area (Å²) < 4.78 is 46.1. The fourth-order valence-electron chi connectivity index (χ4n) is 4.35. The van der Waals surface area contributed by atoms with Crippen molar-refractivity contribution in [2.24, 2.45) is 0 Å². The zero-order valence-corrected chi connectivity index (χ0v) is 22.6. The number of carbonyl (C=O) groups is 2. The topological polar surface area (TPSA) is 86.1 Å². The van der Waals surface area contributed by atoms with E-state index in [2.05, 4.69) is 15.4 Å². The summed E-state index contributed by atoms with van der Waals surface area (Å²) in [5.41, 5.74) is 4.58. The number of nitrogens with one attached hydrogen (secondary N) is 1. The summed E-state index contributed by atoms with van der Waals surface area (Å²) in [6, 6.07) is 13.7. The third-order valence-corrected chi connectivity index (χ3v) is 6.66. The number of aryl methyl sites for hydroxylation is 2. The second kappa shape index (κ2) is 11.7. The number of rotatable bonds is 9. The maximum absolute atomic E-state index is 13.1. The molecule has 0 radical (unpaired) electrons. The van der Waals surface area contributed by atoms with E-state index in [-0.39, 0.29) is 24.7 Å². The van der Waals surface area contributed by atoms with Gasteiger partial charge >= 0.3 is 6.18 Å². The maximum atomic E-state index is 13.1. The Hall–Kier alpha value is -4.47. The van der Waals surface area contributed by atoms with Crippen molar-refractivity contribution in [1.29, 1.82) is 0 Å². The molecule has 0 saturated heterocycles. The molecule has 2 aromatic heterocycles. The van der Waals surface area contributed by atoms with Crippen LogP contribution >= 0.6 is 0 Å². The summed E-state index contributed by atoms with van der Waals surface area (Å²) in [5.74, 6) is 0.0961. The zero-order chi connectivity index (χ0) is 29.0. The van der Waals surface area contributed by atoms with E-state index in [1.807, 2.05) is 13.8 Å². The van der Waals surface area contributed by atoms with Crippen LogP contribution in [0.4, 0.5) is 13.2 Å². The summed E-state index contributed by atoms with van der Waals surface area (Å²) in [6.45, 7) is 5.83. The van der Waals surface area contributed by atoms with Crippen LogP contribution in [0.15, 0.2) is 60.8 Å². The molecule has 1 amide bonds. The van der Waals surface area contributed by atoms with Crippen LogP contribution in [0.3, 0.4) is 0 Å². The molecule has 2 heterocycles. The summed E-state index contributed by atoms with van der Waals surface area (Å²) in [7, 11) is 1.57. The molecule has 208 valence electrons. The van der Waals surface area contributed by atoms with Crippen LogP contribution in [0.25, 0.3) is 0 Å². The smallest absolute Gasteiger partial charge is 0.416 e. The first-order valence-electron chi connectivity index (χ1n) is 12.6. The SMILES string of the molecule is CNC(=O)c1ccnc(Cn2nc(C)c(CC(=O)c3ccc(COc4ccc(C(F)(F)F)cc4C)cc3)c2C)c1. The second-order valence-electron chi connectivity index (χ2n) is 9.49. The molecule has 0 saturated carbocycles. The van der Waals surface area contributed by atoms with Crippen molar-refractivity contribution in [3.8, 4) is 5.75 Å². The van der Waals surface area contributed by atoms with Crippen molar-refractivity contribution in [3.63, 3.8) is 0 Å². The van der Waals surface area contributed by atoms with Gasteiger partial charge in [-0.25, -0.2) is 0 Å². The van der Waals surface area contributed by atoms with Crippen molar-refractivity contribution in [3.05, 3.63) is 111 Å². The van der Waals surface area contributed by atoms with Crippen LogP contribution in [-0.4, -0.2) is 33.5 Å². The molecule has 4 rings (SSSR count). The minimum absolute atomic E-state index is 0.0726. The molecule has 4 aromatic rings. The van der Waals surface area contributed by atoms with E-state index in [0.717, 1.165) is 34.6 Å². The third kappa shape index (κ3) is 6.56. The van der Waals surface area contributed by atoms with Gasteiger partial charge in [0.05, 0.1) is 23.5 Å². The molecule has 2 aromatic carbocycles. The molecule has 40 heavy (non-hydrogen) atoms. The van der Waals surface area contributed by atoms with E-state index in [4.69, 9.17) is 4.74 Å². The highest BCUT2D eigenvalue weighted by atomic mass is 19.4. The van der Waals surface area contributed by atoms with Crippen molar-refractivity contribution in [2.75, 3.05) is 7.05 Å². The van der Waals surface area contributed by atoms with Gasteiger partial charge in [0.25, 0.3) is 5.91 Å². The molecule has 0 aliphatic carbocycles. The number of aromatic nitrogens is 3. The number of ether oxygens (including phenoxy) is 1. The number of hydrogen-bond acceptors (Lipinski definition) is 5. The van der Waals surface area contributed by atoms with Crippen LogP contribution in [0.2, 0.25) is 0 Å². The lowest BCUT2D eigenvalue weighted by Crippen LogP contribution is -2.18. The Kier molecular flexibility index (Phi) is 8.37. The average molecular weight is 551 g/mol. The van der Waals surface area contributed by atoms with E-state index in [1.54, 1.807) is 61.2 Å². The predicted molar refractivity (Wildman–Crippen MR) is 143 cm³/mol. The lowest BCUT2D eigenvalue weighted by atomic mass is 10.0. The standard InChI is InChI=1S/C30H29F3N4O3/c1-18-13-24(30(31,32)33)9-10-28(18)40-17-21-5-7-22(8-6-21)27(38)15-26-19(2)36-37(20(26)3)16-25-14-23(11-12-35-25)29(39)34-4/h5-14H,15-17H2,1-4H3,(H,34,39). The molecule has 0 fully saturated rings. The molecule has 0 unspecified atom stereocenters. The van der Waals surface area contributed by atoms with Crippen LogP contribution < -0.4 is 10.1 Å². The molecular weight excluding hydrogens is 521 g/mol. The molecule has 0 aliphatic rings. The van der Waals surface area contributed by atoms with Gasteiger partial charge in [0.15, 0.2) is 5.78 Å². The highest BCUT2D eigenvalue weighted by molar-refractivity contribution is 5.97. The molecule has 0 aliphatic heterocycles. The normalized spacial score (nSPS) is 11.4. The first-order chi connectivity index (χ1) is 19.0. The van der Waals surface area contributed by atoms with Gasteiger partial charge in [0.2, 0.25) is 0 Å². The van der Waals surface area contributed by atoms with Gasteiger partial charge in [0, 0.05) is 42.0 Å². The van der Waals surface area contributed by atoms with Gasteiger partial charge in [-0.2, -0.15) is 18.3 Å². The fourth-order valence-corrected chi connectivity index (χ4v) is 4.35. The van der Waals surface area contributed by atoms with Crippen LogP contribution in [0.5, 0.6) is 5.75 Å². The largest absolute Gasteiger partial charge is 0.489 e. The zero-order valence-electron chi connectivity index (χ0n) is 22.6. The van der Waals surface area contributed by atoms with Gasteiger partial charge in [0.1, 0.15) is 12.4 Å². The highest BCUT2D eigenvalue weighted by Gasteiger charge is 2.30. The van der Waals surface area contributed by atoms with E-state index >= 15 is 0 Å². The number of hydrogen-bond donors (Lipinski definition) is 1. The van der Waals surface area contributed by atoms with Gasteiger partial charge in [-0.1, -0.05) is 24.3 Å². The van der Waals surface area contributed by atoms with Crippen molar-refractivity contribution in [2.45, 2.75) is 46.5 Å². The summed E-state index contributed by atoms with van der Waals surface area (Å²) in [5, 5.41) is 7.18. The number of benzene rings is 2. The first kappa shape index (κ1) is 28.5. The number of Topliss-reactive ketones (excluding diaryl/α,β-unsaturated/α-hetero) is 1. The molecule has 0 bridgehead atoms. The van der Waals surface area contributed by atoms with Crippen LogP contribution in [-0.2, 0) is 25.7 Å². The number of alkyl halides is 3. The van der Waals surface area contributed by atoms with Crippen molar-refractivity contribution in [1.82, 2.24) is 20.1 Å². The fraction of sp³-hybridized carbons (Fsp3) is 0.267. The molecule has 10 heteroatoms. The molecule has 0 spiro atoms. The minimum Gasteiger partial charge on any atom is -0.489 e. The van der Waals surface area contributed by atoms with Crippen LogP contribution in [0.1, 0.15) is 60.1 Å². The average Bonchev–Trinajstić information content (AvgIpc) is 3.18. The minimum atomic E-state index is -4.40. The van der Waals surface area contributed by atoms with Crippen molar-refractivity contribution >= 4 is 11.7 Å². The Balaban J connectivity index is 1.40. The van der Waals surface area contributed by atoms with Gasteiger partial charge < -0.3 is 10.1 Å². The molecule has 7 nitrogen and oxygen atoms in total. The number of carbonyl (C=O) groups excluding carboxylic acids is 2. The number of ketones is 1. The summed E-state index contributed by atoms with van der Waals surface area (Å²) in [4.78, 5) is 29.3. The first-order valence-corrected chi connectivity index (χ1v) is 12.6. The third-order valence-electron chi connectivity index (χ3n) is 6.66.